The molecule has 2 atom stereocenters. The number of fused-ring (bicyclic) bond motifs is 3. The van der Waals surface area contributed by atoms with Crippen LogP contribution in [-0.2, 0) is 11.2 Å². The zero-order valence-corrected chi connectivity index (χ0v) is 17.8. The molecule has 0 radical (unpaired) electrons. The van der Waals surface area contributed by atoms with Crippen molar-refractivity contribution >= 4 is 32.8 Å². The highest BCUT2D eigenvalue weighted by Crippen LogP contribution is 2.36. The molecule has 2 N–H and O–H groups in total. The Balaban J connectivity index is 1.68. The van der Waals surface area contributed by atoms with Crippen molar-refractivity contribution in [2.75, 3.05) is 18.5 Å². The number of rotatable bonds is 5. The molecular formula is C21H27N3O3S. The molecule has 3 rings (SSSR count). The maximum Gasteiger partial charge on any atom is 0.407 e. The summed E-state index contributed by atoms with van der Waals surface area (Å²) < 4.78 is 12.1. The minimum absolute atomic E-state index is 0.0704. The van der Waals surface area contributed by atoms with Gasteiger partial charge in [-0.15, -0.1) is 5.92 Å². The zero-order chi connectivity index (χ0) is 20.3. The molecule has 28 heavy (non-hydrogen) atoms. The second-order valence-corrected chi connectivity index (χ2v) is 8.91. The molecule has 1 aromatic carbocycles. The van der Waals surface area contributed by atoms with Crippen LogP contribution < -0.4 is 15.4 Å². The van der Waals surface area contributed by atoms with E-state index in [1.807, 2.05) is 40.7 Å². The first-order valence-corrected chi connectivity index (χ1v) is 10.3. The summed E-state index contributed by atoms with van der Waals surface area (Å²) in [4.78, 5) is 16.7. The number of amides is 1. The van der Waals surface area contributed by atoms with Crippen LogP contribution in [-0.4, -0.2) is 35.9 Å². The molecule has 1 amide bonds. The lowest BCUT2D eigenvalue weighted by atomic mass is 10.0. The monoisotopic (exact) mass is 401 g/mol. The highest BCUT2D eigenvalue weighted by molar-refractivity contribution is 7.22. The Morgan fingerprint density at radius 2 is 2.21 bits per heavy atom. The third-order valence-electron chi connectivity index (χ3n) is 4.35. The maximum atomic E-state index is 11.9. The Bertz CT molecular complexity index is 921. The highest BCUT2D eigenvalue weighted by Gasteiger charge is 2.22. The molecule has 2 heterocycles. The number of aromatic nitrogens is 1. The average molecular weight is 402 g/mol. The molecule has 0 saturated heterocycles. The quantitative estimate of drug-likeness (QED) is 0.735. The van der Waals surface area contributed by atoms with Crippen LogP contribution in [0, 0.1) is 17.8 Å². The van der Waals surface area contributed by atoms with Crippen molar-refractivity contribution in [3.63, 3.8) is 0 Å². The summed E-state index contributed by atoms with van der Waals surface area (Å²) in [5.74, 6) is 7.16. The number of alkyl carbamates (subject to hydrolysis) is 1. The molecule has 150 valence electrons. The predicted molar refractivity (Wildman–Crippen MR) is 113 cm³/mol. The molecule has 0 bridgehead atoms. The fourth-order valence-electron chi connectivity index (χ4n) is 3.02. The minimum atomic E-state index is -0.515. The van der Waals surface area contributed by atoms with E-state index in [0.717, 1.165) is 27.5 Å². The molecule has 2 aromatic rings. The van der Waals surface area contributed by atoms with E-state index < -0.39 is 11.7 Å². The standard InChI is InChI=1S/C21H27N3O3S/c1-6-7-15(13(2)12-22-20(25)27-21(3,4)5)23-19-24-18-14-10-11-26-16(14)8-9-17(18)28-19/h8-9,13,15H,10-12H2,1-5H3,(H,22,25)(H,23,24)/t13-,15?/m1/s1. The number of thiazole rings is 1. The van der Waals surface area contributed by atoms with Crippen molar-refractivity contribution in [1.29, 1.82) is 0 Å². The number of benzene rings is 1. The third-order valence-corrected chi connectivity index (χ3v) is 5.30. The summed E-state index contributed by atoms with van der Waals surface area (Å²) >= 11 is 1.61. The number of hydrogen-bond donors (Lipinski definition) is 2. The van der Waals surface area contributed by atoms with Gasteiger partial charge in [0.2, 0.25) is 0 Å². The van der Waals surface area contributed by atoms with Crippen LogP contribution in [0.5, 0.6) is 5.75 Å². The van der Waals surface area contributed by atoms with Gasteiger partial charge in [0.15, 0.2) is 5.13 Å². The fraction of sp³-hybridized carbons (Fsp3) is 0.524. The number of hydrogen-bond acceptors (Lipinski definition) is 6. The molecule has 6 nitrogen and oxygen atoms in total. The molecule has 0 aliphatic carbocycles. The number of anilines is 1. The maximum absolute atomic E-state index is 11.9. The number of ether oxygens (including phenoxy) is 2. The molecular weight excluding hydrogens is 374 g/mol. The van der Waals surface area contributed by atoms with Crippen LogP contribution in [0.25, 0.3) is 10.2 Å². The van der Waals surface area contributed by atoms with Crippen molar-refractivity contribution in [3.8, 4) is 17.6 Å². The van der Waals surface area contributed by atoms with Crippen molar-refractivity contribution < 1.29 is 14.3 Å². The summed E-state index contributed by atoms with van der Waals surface area (Å²) in [7, 11) is 0. The van der Waals surface area contributed by atoms with E-state index in [9.17, 15) is 4.79 Å². The number of nitrogens with zero attached hydrogens (tertiary/aromatic N) is 1. The van der Waals surface area contributed by atoms with Crippen molar-refractivity contribution in [2.45, 2.75) is 52.7 Å². The van der Waals surface area contributed by atoms with Crippen molar-refractivity contribution in [2.24, 2.45) is 5.92 Å². The number of carbonyl (C=O) groups is 1. The van der Waals surface area contributed by atoms with Crippen LogP contribution in [0.1, 0.15) is 40.2 Å². The molecule has 7 heteroatoms. The van der Waals surface area contributed by atoms with Crippen LogP contribution in [0.15, 0.2) is 12.1 Å². The van der Waals surface area contributed by atoms with E-state index in [0.29, 0.717) is 13.2 Å². The number of nitrogens with one attached hydrogen (secondary N) is 2. The Hall–Kier alpha value is -2.46. The molecule has 1 aliphatic rings. The Labute approximate surface area is 170 Å². The SMILES string of the molecule is CC#CC(Nc1nc2c3c(ccc2s1)OCC3)[C@H](C)CNC(=O)OC(C)(C)C. The third kappa shape index (κ3) is 4.87. The molecule has 1 unspecified atom stereocenters. The van der Waals surface area contributed by atoms with Gasteiger partial charge in [-0.2, -0.15) is 0 Å². The number of carbonyl (C=O) groups excluding carboxylic acids is 1. The lowest BCUT2D eigenvalue weighted by Crippen LogP contribution is -2.39. The Morgan fingerprint density at radius 1 is 1.43 bits per heavy atom. The molecule has 1 aliphatic heterocycles. The van der Waals surface area contributed by atoms with Gasteiger partial charge in [-0.3, -0.25) is 0 Å². The van der Waals surface area contributed by atoms with Crippen molar-refractivity contribution in [3.05, 3.63) is 17.7 Å². The van der Waals surface area contributed by atoms with Crippen LogP contribution >= 0.6 is 11.3 Å². The van der Waals surface area contributed by atoms with Crippen molar-refractivity contribution in [1.82, 2.24) is 10.3 Å². The van der Waals surface area contributed by atoms with E-state index in [-0.39, 0.29) is 12.0 Å². The lowest BCUT2D eigenvalue weighted by molar-refractivity contribution is 0.0520. The van der Waals surface area contributed by atoms with Gasteiger partial charge in [-0.05, 0) is 39.8 Å². The summed E-state index contributed by atoms with van der Waals surface area (Å²) in [6, 6.07) is 3.93. The predicted octanol–water partition coefficient (Wildman–Crippen LogP) is 4.20. The first-order chi connectivity index (χ1) is 13.3. The van der Waals surface area contributed by atoms with Gasteiger partial charge < -0.3 is 20.1 Å². The first kappa shape index (κ1) is 20.3. The Kier molecular flexibility index (Phi) is 5.99. The second-order valence-electron chi connectivity index (χ2n) is 7.88. The normalized spacial score (nSPS) is 15.0. The van der Waals surface area contributed by atoms with Gasteiger partial charge in [0.05, 0.1) is 22.9 Å². The summed E-state index contributed by atoms with van der Waals surface area (Å²) in [6.45, 7) is 10.6. The first-order valence-electron chi connectivity index (χ1n) is 9.47. The fourth-order valence-corrected chi connectivity index (χ4v) is 3.95. The topological polar surface area (TPSA) is 72.5 Å². The smallest absolute Gasteiger partial charge is 0.407 e. The lowest BCUT2D eigenvalue weighted by Gasteiger charge is -2.23. The Morgan fingerprint density at radius 3 is 2.93 bits per heavy atom. The summed E-state index contributed by atoms with van der Waals surface area (Å²) in [5.41, 5.74) is 1.67. The van der Waals surface area contributed by atoms with Crippen LogP contribution in [0.4, 0.5) is 9.93 Å². The van der Waals surface area contributed by atoms with Gasteiger partial charge in [0.25, 0.3) is 0 Å². The zero-order valence-electron chi connectivity index (χ0n) is 17.0. The highest BCUT2D eigenvalue weighted by atomic mass is 32.1. The van der Waals surface area contributed by atoms with E-state index in [1.54, 1.807) is 11.3 Å². The van der Waals surface area contributed by atoms with E-state index in [2.05, 4.69) is 28.5 Å². The van der Waals surface area contributed by atoms with Gasteiger partial charge in [-0.1, -0.05) is 24.2 Å². The molecule has 0 saturated carbocycles. The van der Waals surface area contributed by atoms with Gasteiger partial charge in [-0.25, -0.2) is 9.78 Å². The minimum Gasteiger partial charge on any atom is -0.493 e. The van der Waals surface area contributed by atoms with E-state index in [1.165, 1.54) is 5.56 Å². The summed E-state index contributed by atoms with van der Waals surface area (Å²) in [5, 5.41) is 7.08. The van der Waals surface area contributed by atoms with Gasteiger partial charge in [0.1, 0.15) is 11.4 Å². The van der Waals surface area contributed by atoms with E-state index >= 15 is 0 Å². The molecule has 0 fully saturated rings. The van der Waals surface area contributed by atoms with Crippen LogP contribution in [0.3, 0.4) is 0 Å². The van der Waals surface area contributed by atoms with Gasteiger partial charge >= 0.3 is 6.09 Å². The largest absolute Gasteiger partial charge is 0.493 e. The average Bonchev–Trinajstić information content (AvgIpc) is 3.23. The second kappa shape index (κ2) is 8.27. The van der Waals surface area contributed by atoms with E-state index in [4.69, 9.17) is 14.5 Å². The van der Waals surface area contributed by atoms with Gasteiger partial charge in [0, 0.05) is 24.4 Å². The van der Waals surface area contributed by atoms with Crippen LogP contribution in [0.2, 0.25) is 0 Å². The molecule has 0 spiro atoms. The molecule has 1 aromatic heterocycles. The summed E-state index contributed by atoms with van der Waals surface area (Å²) in [6.07, 6.45) is 0.475.